The molecule has 2 N–H and O–H groups in total. The molecular formula is C15H17N3O3S. The lowest BCUT2D eigenvalue weighted by atomic mass is 10.2. The average Bonchev–Trinajstić information content (AvgIpc) is 2.54. The van der Waals surface area contributed by atoms with Crippen LogP contribution in [0, 0.1) is 0 Å². The van der Waals surface area contributed by atoms with Crippen LogP contribution in [0.25, 0.3) is 0 Å². The molecule has 1 aromatic heterocycles. The van der Waals surface area contributed by atoms with Crippen LogP contribution >= 0.6 is 0 Å². The highest BCUT2D eigenvalue weighted by Gasteiger charge is 2.19. The molecule has 1 aromatic carbocycles. The van der Waals surface area contributed by atoms with Crippen molar-refractivity contribution in [2.24, 2.45) is 0 Å². The van der Waals surface area contributed by atoms with Gasteiger partial charge in [-0.05, 0) is 43.3 Å². The van der Waals surface area contributed by atoms with Crippen molar-refractivity contribution in [3.8, 4) is 0 Å². The third-order valence-electron chi connectivity index (χ3n) is 3.12. The first-order valence-electron chi connectivity index (χ1n) is 6.69. The van der Waals surface area contributed by atoms with E-state index in [1.165, 1.54) is 31.3 Å². The fourth-order valence-corrected chi connectivity index (χ4v) is 3.14. The summed E-state index contributed by atoms with van der Waals surface area (Å²) in [5, 5.41) is 2.48. The Balaban J connectivity index is 2.18. The second-order valence-corrected chi connectivity index (χ2v) is 6.42. The van der Waals surface area contributed by atoms with Gasteiger partial charge in [-0.1, -0.05) is 6.07 Å². The number of carbonyl (C=O) groups excluding carboxylic acids is 1. The molecule has 0 aliphatic rings. The van der Waals surface area contributed by atoms with Crippen molar-refractivity contribution >= 4 is 15.9 Å². The van der Waals surface area contributed by atoms with Crippen molar-refractivity contribution < 1.29 is 13.2 Å². The minimum atomic E-state index is -3.68. The standard InChI is InChI=1S/C15H17N3O3S/c1-11(14-5-3-4-10-17-14)18-22(20,21)13-8-6-12(7-9-13)15(19)16-2/h3-11,18H,1-2H3,(H,16,19)/t11-/m1/s1. The summed E-state index contributed by atoms with van der Waals surface area (Å²) >= 11 is 0. The van der Waals surface area contributed by atoms with Crippen molar-refractivity contribution in [2.75, 3.05) is 7.05 Å². The minimum absolute atomic E-state index is 0.0999. The van der Waals surface area contributed by atoms with Crippen LogP contribution in [-0.2, 0) is 10.0 Å². The molecule has 1 atom stereocenters. The number of nitrogens with zero attached hydrogens (tertiary/aromatic N) is 1. The summed E-state index contributed by atoms with van der Waals surface area (Å²) in [6, 6.07) is 10.6. The molecule has 0 fully saturated rings. The molecular weight excluding hydrogens is 302 g/mol. The summed E-state index contributed by atoms with van der Waals surface area (Å²) in [5.74, 6) is -0.265. The Morgan fingerprint density at radius 3 is 2.36 bits per heavy atom. The van der Waals surface area contributed by atoms with Gasteiger partial charge in [-0.3, -0.25) is 9.78 Å². The normalized spacial score (nSPS) is 12.6. The molecule has 0 aliphatic carbocycles. The van der Waals surface area contributed by atoms with Crippen molar-refractivity contribution in [3.05, 3.63) is 59.9 Å². The first kappa shape index (κ1) is 16.1. The van der Waals surface area contributed by atoms with Gasteiger partial charge in [0, 0.05) is 18.8 Å². The summed E-state index contributed by atoms with van der Waals surface area (Å²) < 4.78 is 27.2. The predicted molar refractivity (Wildman–Crippen MR) is 82.8 cm³/mol. The van der Waals surface area contributed by atoms with Gasteiger partial charge in [0.05, 0.1) is 16.6 Å². The fraction of sp³-hybridized carbons (Fsp3) is 0.200. The number of aromatic nitrogens is 1. The Morgan fingerprint density at radius 2 is 1.82 bits per heavy atom. The molecule has 0 spiro atoms. The van der Waals surface area contributed by atoms with Gasteiger partial charge >= 0.3 is 0 Å². The first-order valence-corrected chi connectivity index (χ1v) is 8.18. The van der Waals surface area contributed by atoms with Crippen LogP contribution in [0.1, 0.15) is 29.0 Å². The maximum atomic E-state index is 12.3. The third-order valence-corrected chi connectivity index (χ3v) is 4.67. The van der Waals surface area contributed by atoms with E-state index in [2.05, 4.69) is 15.0 Å². The van der Waals surface area contributed by atoms with Crippen LogP contribution in [0.15, 0.2) is 53.6 Å². The van der Waals surface area contributed by atoms with Crippen LogP contribution in [0.4, 0.5) is 0 Å². The Kier molecular flexibility index (Phi) is 4.89. The van der Waals surface area contributed by atoms with E-state index in [4.69, 9.17) is 0 Å². The lowest BCUT2D eigenvalue weighted by molar-refractivity contribution is 0.0963. The van der Waals surface area contributed by atoms with Crippen molar-refractivity contribution in [1.82, 2.24) is 15.0 Å². The van der Waals surface area contributed by atoms with E-state index < -0.39 is 16.1 Å². The highest BCUT2D eigenvalue weighted by atomic mass is 32.2. The number of pyridine rings is 1. The Hall–Kier alpha value is -2.25. The molecule has 0 aliphatic heterocycles. The number of amides is 1. The van der Waals surface area contributed by atoms with Crippen LogP contribution in [0.5, 0.6) is 0 Å². The molecule has 7 heteroatoms. The van der Waals surface area contributed by atoms with E-state index in [1.54, 1.807) is 31.3 Å². The lowest BCUT2D eigenvalue weighted by Crippen LogP contribution is -2.27. The summed E-state index contributed by atoms with van der Waals surface area (Å²) in [4.78, 5) is 15.7. The molecule has 0 saturated carbocycles. The molecule has 116 valence electrons. The Bertz CT molecular complexity index is 743. The first-order chi connectivity index (χ1) is 10.4. The molecule has 0 unspecified atom stereocenters. The van der Waals surface area contributed by atoms with E-state index in [0.717, 1.165) is 0 Å². The minimum Gasteiger partial charge on any atom is -0.355 e. The molecule has 1 amide bonds. The van der Waals surface area contributed by atoms with Crippen molar-refractivity contribution in [3.63, 3.8) is 0 Å². The molecule has 0 radical (unpaired) electrons. The molecule has 2 rings (SSSR count). The molecule has 2 aromatic rings. The van der Waals surface area contributed by atoms with Gasteiger partial charge in [0.25, 0.3) is 5.91 Å². The molecule has 22 heavy (non-hydrogen) atoms. The van der Waals surface area contributed by atoms with Crippen LogP contribution in [0.2, 0.25) is 0 Å². The predicted octanol–water partition coefficient (Wildman–Crippen LogP) is 1.48. The Morgan fingerprint density at radius 1 is 1.14 bits per heavy atom. The number of hydrogen-bond donors (Lipinski definition) is 2. The number of rotatable bonds is 5. The summed E-state index contributed by atoms with van der Waals surface area (Å²) in [6.45, 7) is 1.72. The zero-order chi connectivity index (χ0) is 16.2. The van der Waals surface area contributed by atoms with E-state index in [1.807, 2.05) is 0 Å². The zero-order valence-corrected chi connectivity index (χ0v) is 13.1. The number of sulfonamides is 1. The van der Waals surface area contributed by atoms with Gasteiger partial charge in [-0.15, -0.1) is 0 Å². The van der Waals surface area contributed by atoms with Crippen molar-refractivity contribution in [2.45, 2.75) is 17.9 Å². The quantitative estimate of drug-likeness (QED) is 0.874. The second kappa shape index (κ2) is 6.67. The molecule has 6 nitrogen and oxygen atoms in total. The van der Waals surface area contributed by atoms with E-state index in [0.29, 0.717) is 11.3 Å². The van der Waals surface area contributed by atoms with Crippen LogP contribution in [0.3, 0.4) is 0 Å². The topological polar surface area (TPSA) is 88.2 Å². The zero-order valence-electron chi connectivity index (χ0n) is 12.3. The number of benzene rings is 1. The van der Waals surface area contributed by atoms with E-state index >= 15 is 0 Å². The fourth-order valence-electron chi connectivity index (χ4n) is 1.92. The maximum Gasteiger partial charge on any atom is 0.251 e. The average molecular weight is 319 g/mol. The summed E-state index contributed by atoms with van der Waals surface area (Å²) in [7, 11) is -2.16. The van der Waals surface area contributed by atoms with E-state index in [-0.39, 0.29) is 10.8 Å². The van der Waals surface area contributed by atoms with Gasteiger partial charge in [0.1, 0.15) is 0 Å². The van der Waals surface area contributed by atoms with E-state index in [9.17, 15) is 13.2 Å². The Labute approximate surface area is 129 Å². The van der Waals surface area contributed by atoms with Gasteiger partial charge in [-0.2, -0.15) is 0 Å². The second-order valence-electron chi connectivity index (χ2n) is 4.70. The monoisotopic (exact) mass is 319 g/mol. The highest BCUT2D eigenvalue weighted by Crippen LogP contribution is 2.15. The lowest BCUT2D eigenvalue weighted by Gasteiger charge is -2.14. The highest BCUT2D eigenvalue weighted by molar-refractivity contribution is 7.89. The largest absolute Gasteiger partial charge is 0.355 e. The van der Waals surface area contributed by atoms with Gasteiger partial charge in [-0.25, -0.2) is 13.1 Å². The molecule has 1 heterocycles. The summed E-state index contributed by atoms with van der Waals surface area (Å²) in [5.41, 5.74) is 1.03. The van der Waals surface area contributed by atoms with Crippen LogP contribution in [-0.4, -0.2) is 26.4 Å². The molecule has 0 saturated heterocycles. The third kappa shape index (κ3) is 3.69. The number of nitrogens with one attached hydrogen (secondary N) is 2. The van der Waals surface area contributed by atoms with Crippen LogP contribution < -0.4 is 10.0 Å². The smallest absolute Gasteiger partial charge is 0.251 e. The van der Waals surface area contributed by atoms with Crippen molar-refractivity contribution in [1.29, 1.82) is 0 Å². The summed E-state index contributed by atoms with van der Waals surface area (Å²) in [6.07, 6.45) is 1.61. The maximum absolute atomic E-state index is 12.3. The number of carbonyl (C=O) groups is 1. The SMILES string of the molecule is CNC(=O)c1ccc(S(=O)(=O)N[C@H](C)c2ccccn2)cc1. The van der Waals surface area contributed by atoms with Gasteiger partial charge < -0.3 is 5.32 Å². The van der Waals surface area contributed by atoms with Gasteiger partial charge in [0.2, 0.25) is 10.0 Å². The number of hydrogen-bond acceptors (Lipinski definition) is 4. The van der Waals surface area contributed by atoms with Gasteiger partial charge in [0.15, 0.2) is 0 Å². The molecule has 0 bridgehead atoms.